The van der Waals surface area contributed by atoms with Crippen molar-refractivity contribution in [3.8, 4) is 0 Å². The van der Waals surface area contributed by atoms with Crippen molar-refractivity contribution in [1.82, 2.24) is 10.2 Å². The van der Waals surface area contributed by atoms with E-state index in [0.717, 1.165) is 31.9 Å². The number of nitrogens with zero attached hydrogens (tertiary/aromatic N) is 1. The average molecular weight is 170 g/mol. The topological polar surface area (TPSA) is 24.5 Å². The van der Waals surface area contributed by atoms with Crippen LogP contribution in [0.2, 0.25) is 0 Å². The summed E-state index contributed by atoms with van der Waals surface area (Å²) in [6.07, 6.45) is 1.08. The number of hydrogen-bond acceptors (Lipinski definition) is 3. The molecule has 0 amide bonds. The van der Waals surface area contributed by atoms with Gasteiger partial charge in [-0.05, 0) is 14.1 Å². The summed E-state index contributed by atoms with van der Waals surface area (Å²) < 4.78 is 5.31. The van der Waals surface area contributed by atoms with Crippen molar-refractivity contribution in [3.63, 3.8) is 0 Å². The van der Waals surface area contributed by atoms with Crippen LogP contribution in [0, 0.1) is 0 Å². The molecule has 0 spiro atoms. The third-order valence-corrected chi connectivity index (χ3v) is 2.30. The van der Waals surface area contributed by atoms with Crippen LogP contribution < -0.4 is 5.32 Å². The summed E-state index contributed by atoms with van der Waals surface area (Å²) >= 11 is 0. The Bertz CT molecular complexity index is 159. The van der Waals surface area contributed by atoms with E-state index in [2.05, 4.69) is 23.8 Å². The molecule has 0 saturated carbocycles. The Morgan fingerprint density at radius 3 is 3.00 bits per heavy atom. The number of likely N-dealkylation sites (N-methyl/N-ethyl adjacent to an activating group) is 2. The zero-order chi connectivity index (χ0) is 8.97. The van der Waals surface area contributed by atoms with E-state index in [9.17, 15) is 0 Å². The lowest BCUT2D eigenvalue weighted by Crippen LogP contribution is -2.35. The molecule has 1 heterocycles. The zero-order valence-electron chi connectivity index (χ0n) is 7.97. The van der Waals surface area contributed by atoms with Gasteiger partial charge in [0.05, 0.1) is 12.6 Å². The summed E-state index contributed by atoms with van der Waals surface area (Å²) in [5.74, 6) is 0.925. The molecule has 1 atom stereocenters. The standard InChI is InChI=1S/C9H18N2O/c1-8-9(4-7-12-8)11(3)6-5-10-2/h9-10H,1,4-7H2,2-3H3. The van der Waals surface area contributed by atoms with E-state index in [-0.39, 0.29) is 0 Å². The Morgan fingerprint density at radius 1 is 1.75 bits per heavy atom. The number of ether oxygens (including phenoxy) is 1. The first kappa shape index (κ1) is 9.55. The van der Waals surface area contributed by atoms with Crippen LogP contribution in [0.3, 0.4) is 0 Å². The Hall–Kier alpha value is -0.540. The van der Waals surface area contributed by atoms with Gasteiger partial charge in [-0.15, -0.1) is 0 Å². The molecule has 3 nitrogen and oxygen atoms in total. The first-order valence-electron chi connectivity index (χ1n) is 4.42. The third kappa shape index (κ3) is 2.22. The first-order chi connectivity index (χ1) is 5.75. The Labute approximate surface area is 74.4 Å². The van der Waals surface area contributed by atoms with Crippen LogP contribution in [0.4, 0.5) is 0 Å². The molecule has 0 aromatic heterocycles. The Kier molecular flexibility index (Phi) is 3.56. The van der Waals surface area contributed by atoms with E-state index < -0.39 is 0 Å². The van der Waals surface area contributed by atoms with Crippen LogP contribution in [-0.2, 0) is 4.74 Å². The van der Waals surface area contributed by atoms with Crippen LogP contribution in [0.15, 0.2) is 12.3 Å². The largest absolute Gasteiger partial charge is 0.497 e. The number of hydrogen-bond donors (Lipinski definition) is 1. The lowest BCUT2D eigenvalue weighted by molar-refractivity contribution is 0.234. The maximum absolute atomic E-state index is 5.31. The first-order valence-corrected chi connectivity index (χ1v) is 4.42. The van der Waals surface area contributed by atoms with Gasteiger partial charge >= 0.3 is 0 Å². The van der Waals surface area contributed by atoms with Crippen molar-refractivity contribution >= 4 is 0 Å². The van der Waals surface area contributed by atoms with Crippen LogP contribution in [0.25, 0.3) is 0 Å². The second kappa shape index (κ2) is 4.48. The Morgan fingerprint density at radius 2 is 2.50 bits per heavy atom. The maximum Gasteiger partial charge on any atom is 0.106 e. The minimum absolute atomic E-state index is 0.429. The molecule has 0 bridgehead atoms. The smallest absolute Gasteiger partial charge is 0.106 e. The minimum atomic E-state index is 0.429. The molecule has 0 aromatic rings. The van der Waals surface area contributed by atoms with Crippen LogP contribution in [0.1, 0.15) is 6.42 Å². The minimum Gasteiger partial charge on any atom is -0.497 e. The molecule has 0 radical (unpaired) electrons. The highest BCUT2D eigenvalue weighted by Gasteiger charge is 2.24. The average Bonchev–Trinajstić information content (AvgIpc) is 2.47. The van der Waals surface area contributed by atoms with Crippen molar-refractivity contribution in [2.45, 2.75) is 12.5 Å². The van der Waals surface area contributed by atoms with Crippen molar-refractivity contribution in [2.75, 3.05) is 33.8 Å². The van der Waals surface area contributed by atoms with Gasteiger partial charge in [0.2, 0.25) is 0 Å². The molecular formula is C9H18N2O. The summed E-state index contributed by atoms with van der Waals surface area (Å²) in [6, 6.07) is 0.429. The molecule has 0 aromatic carbocycles. The van der Waals surface area contributed by atoms with E-state index >= 15 is 0 Å². The zero-order valence-corrected chi connectivity index (χ0v) is 7.97. The normalized spacial score (nSPS) is 23.2. The lowest BCUT2D eigenvalue weighted by Gasteiger charge is -2.22. The van der Waals surface area contributed by atoms with E-state index in [1.807, 2.05) is 7.05 Å². The predicted molar refractivity (Wildman–Crippen MR) is 50.1 cm³/mol. The number of nitrogens with one attached hydrogen (secondary N) is 1. The second-order valence-corrected chi connectivity index (χ2v) is 3.20. The van der Waals surface area contributed by atoms with Crippen LogP contribution in [0.5, 0.6) is 0 Å². The van der Waals surface area contributed by atoms with Gasteiger partial charge in [0.25, 0.3) is 0 Å². The fraction of sp³-hybridized carbons (Fsp3) is 0.778. The molecule has 1 saturated heterocycles. The van der Waals surface area contributed by atoms with E-state index in [0.29, 0.717) is 6.04 Å². The summed E-state index contributed by atoms with van der Waals surface area (Å²) in [5.41, 5.74) is 0. The van der Waals surface area contributed by atoms with Crippen molar-refractivity contribution in [2.24, 2.45) is 0 Å². The van der Waals surface area contributed by atoms with Crippen LogP contribution in [-0.4, -0.2) is 44.7 Å². The summed E-state index contributed by atoms with van der Waals surface area (Å²) in [4.78, 5) is 2.28. The van der Waals surface area contributed by atoms with Gasteiger partial charge in [0.1, 0.15) is 5.76 Å². The highest BCUT2D eigenvalue weighted by Crippen LogP contribution is 2.19. The fourth-order valence-corrected chi connectivity index (χ4v) is 1.47. The molecule has 1 unspecified atom stereocenters. The highest BCUT2D eigenvalue weighted by atomic mass is 16.5. The molecule has 3 heteroatoms. The molecule has 1 aliphatic heterocycles. The molecular weight excluding hydrogens is 152 g/mol. The molecule has 1 N–H and O–H groups in total. The van der Waals surface area contributed by atoms with Crippen molar-refractivity contribution < 1.29 is 4.74 Å². The fourth-order valence-electron chi connectivity index (χ4n) is 1.47. The molecule has 70 valence electrons. The quantitative estimate of drug-likeness (QED) is 0.662. The van der Waals surface area contributed by atoms with E-state index in [4.69, 9.17) is 4.74 Å². The summed E-state index contributed by atoms with van der Waals surface area (Å²) in [7, 11) is 4.08. The molecule has 1 fully saturated rings. The van der Waals surface area contributed by atoms with Crippen LogP contribution >= 0.6 is 0 Å². The summed E-state index contributed by atoms with van der Waals surface area (Å²) in [5, 5.41) is 3.12. The molecule has 1 rings (SSSR count). The lowest BCUT2D eigenvalue weighted by atomic mass is 10.2. The molecule has 1 aliphatic rings. The van der Waals surface area contributed by atoms with Gasteiger partial charge in [-0.1, -0.05) is 6.58 Å². The number of rotatable bonds is 4. The van der Waals surface area contributed by atoms with Gasteiger partial charge in [0.15, 0.2) is 0 Å². The van der Waals surface area contributed by atoms with E-state index in [1.165, 1.54) is 0 Å². The van der Waals surface area contributed by atoms with Gasteiger partial charge in [-0.3, -0.25) is 4.90 Å². The van der Waals surface area contributed by atoms with Gasteiger partial charge in [-0.25, -0.2) is 0 Å². The second-order valence-electron chi connectivity index (χ2n) is 3.20. The Balaban J connectivity index is 2.30. The van der Waals surface area contributed by atoms with Gasteiger partial charge in [-0.2, -0.15) is 0 Å². The maximum atomic E-state index is 5.31. The predicted octanol–water partition coefficient (Wildman–Crippen LogP) is 0.440. The molecule has 12 heavy (non-hydrogen) atoms. The van der Waals surface area contributed by atoms with Gasteiger partial charge < -0.3 is 10.1 Å². The van der Waals surface area contributed by atoms with E-state index in [1.54, 1.807) is 0 Å². The third-order valence-electron chi connectivity index (χ3n) is 2.30. The van der Waals surface area contributed by atoms with Crippen molar-refractivity contribution in [1.29, 1.82) is 0 Å². The van der Waals surface area contributed by atoms with Crippen molar-refractivity contribution in [3.05, 3.63) is 12.3 Å². The molecule has 0 aliphatic carbocycles. The van der Waals surface area contributed by atoms with Gasteiger partial charge in [0, 0.05) is 19.5 Å². The monoisotopic (exact) mass is 170 g/mol. The SMILES string of the molecule is C=C1OCCC1N(C)CCNC. The highest BCUT2D eigenvalue weighted by molar-refractivity contribution is 5.01. The summed E-state index contributed by atoms with van der Waals surface area (Å²) in [6.45, 7) is 6.77.